The SMILES string of the molecule is Nc1ncc2c(Cl)cc(-c3ccc(CC(F)(F)F)cn3)n2n1. The zero-order chi connectivity index (χ0) is 15.9. The topological polar surface area (TPSA) is 69.1 Å². The molecule has 0 aliphatic rings. The summed E-state index contributed by atoms with van der Waals surface area (Å²) >= 11 is 6.08. The van der Waals surface area contributed by atoms with Crippen LogP contribution in [0.2, 0.25) is 5.02 Å². The number of aromatic nitrogens is 4. The van der Waals surface area contributed by atoms with Crippen molar-refractivity contribution in [3.05, 3.63) is 41.2 Å². The second-order valence-corrected chi connectivity index (χ2v) is 5.04. The van der Waals surface area contributed by atoms with Gasteiger partial charge in [0.25, 0.3) is 0 Å². The van der Waals surface area contributed by atoms with E-state index in [-0.39, 0.29) is 11.5 Å². The van der Waals surface area contributed by atoms with Gasteiger partial charge in [-0.05, 0) is 17.7 Å². The van der Waals surface area contributed by atoms with E-state index in [0.717, 1.165) is 0 Å². The number of nitrogen functional groups attached to an aromatic ring is 1. The van der Waals surface area contributed by atoms with Crippen molar-refractivity contribution in [3.63, 3.8) is 0 Å². The molecule has 5 nitrogen and oxygen atoms in total. The molecule has 0 atom stereocenters. The van der Waals surface area contributed by atoms with Gasteiger partial charge in [-0.15, -0.1) is 5.10 Å². The van der Waals surface area contributed by atoms with Crippen molar-refractivity contribution in [3.8, 4) is 11.4 Å². The molecule has 0 aromatic carbocycles. The molecule has 114 valence electrons. The standard InChI is InChI=1S/C13H9ClF3N5/c14-8-3-10(22-11(8)6-20-12(18)21-22)9-2-1-7(5-19-9)4-13(15,16)17/h1-3,5-6H,4H2,(H2,18,21). The maximum absolute atomic E-state index is 12.3. The summed E-state index contributed by atoms with van der Waals surface area (Å²) in [5.74, 6) is 0.0507. The van der Waals surface area contributed by atoms with Crippen molar-refractivity contribution in [2.75, 3.05) is 5.73 Å². The molecule has 2 N–H and O–H groups in total. The van der Waals surface area contributed by atoms with E-state index in [2.05, 4.69) is 15.1 Å². The van der Waals surface area contributed by atoms with Crippen molar-refractivity contribution in [2.45, 2.75) is 12.6 Å². The molecule has 9 heteroatoms. The van der Waals surface area contributed by atoms with Gasteiger partial charge in [0.05, 0.1) is 29.0 Å². The molecule has 3 aromatic rings. The Kier molecular flexibility index (Phi) is 3.40. The van der Waals surface area contributed by atoms with E-state index in [0.29, 0.717) is 21.9 Å². The summed E-state index contributed by atoms with van der Waals surface area (Å²) in [6.07, 6.45) is -2.64. The van der Waals surface area contributed by atoms with Gasteiger partial charge in [-0.1, -0.05) is 17.7 Å². The zero-order valence-electron chi connectivity index (χ0n) is 11.0. The first-order valence-corrected chi connectivity index (χ1v) is 6.53. The van der Waals surface area contributed by atoms with Crippen LogP contribution in [0.3, 0.4) is 0 Å². The fourth-order valence-corrected chi connectivity index (χ4v) is 2.29. The molecule has 0 bridgehead atoms. The van der Waals surface area contributed by atoms with Gasteiger partial charge in [-0.2, -0.15) is 13.2 Å². The molecule has 0 saturated heterocycles. The van der Waals surface area contributed by atoms with E-state index in [1.165, 1.54) is 29.0 Å². The predicted molar refractivity (Wildman–Crippen MR) is 75.4 cm³/mol. The summed E-state index contributed by atoms with van der Waals surface area (Å²) in [6.45, 7) is 0. The van der Waals surface area contributed by atoms with Gasteiger partial charge in [-0.3, -0.25) is 4.98 Å². The minimum atomic E-state index is -4.27. The van der Waals surface area contributed by atoms with E-state index in [4.69, 9.17) is 17.3 Å². The number of alkyl halides is 3. The quantitative estimate of drug-likeness (QED) is 0.785. The van der Waals surface area contributed by atoms with Gasteiger partial charge < -0.3 is 5.73 Å². The molecule has 3 heterocycles. The first-order valence-electron chi connectivity index (χ1n) is 6.15. The summed E-state index contributed by atoms with van der Waals surface area (Å²) < 4.78 is 38.5. The Hall–Kier alpha value is -2.35. The highest BCUT2D eigenvalue weighted by Crippen LogP contribution is 2.28. The van der Waals surface area contributed by atoms with E-state index >= 15 is 0 Å². The van der Waals surface area contributed by atoms with Crippen LogP contribution in [0, 0.1) is 0 Å². The lowest BCUT2D eigenvalue weighted by atomic mass is 10.2. The second-order valence-electron chi connectivity index (χ2n) is 4.63. The van der Waals surface area contributed by atoms with Crippen molar-refractivity contribution in [1.29, 1.82) is 0 Å². The molecule has 0 radical (unpaired) electrons. The third kappa shape index (κ3) is 2.82. The van der Waals surface area contributed by atoms with E-state index < -0.39 is 12.6 Å². The van der Waals surface area contributed by atoms with Crippen LogP contribution >= 0.6 is 11.6 Å². The lowest BCUT2D eigenvalue weighted by molar-refractivity contribution is -0.127. The third-order valence-corrected chi connectivity index (χ3v) is 3.28. The van der Waals surface area contributed by atoms with Crippen LogP contribution in [0.25, 0.3) is 16.9 Å². The first kappa shape index (κ1) is 14.6. The highest BCUT2D eigenvalue weighted by Gasteiger charge is 2.27. The van der Waals surface area contributed by atoms with E-state index in [1.807, 2.05) is 0 Å². The Labute approximate surface area is 127 Å². The highest BCUT2D eigenvalue weighted by atomic mass is 35.5. The van der Waals surface area contributed by atoms with Gasteiger partial charge in [-0.25, -0.2) is 9.50 Å². The maximum atomic E-state index is 12.3. The molecule has 3 aromatic heterocycles. The summed E-state index contributed by atoms with van der Waals surface area (Å²) in [5, 5.41) is 4.43. The number of hydrogen-bond acceptors (Lipinski definition) is 4. The predicted octanol–water partition coefficient (Wildman–Crippen LogP) is 3.13. The number of nitrogens with two attached hydrogens (primary N) is 1. The van der Waals surface area contributed by atoms with Gasteiger partial charge in [0, 0.05) is 6.20 Å². The molecule has 0 aliphatic heterocycles. The second kappa shape index (κ2) is 5.13. The molecule has 3 rings (SSSR count). The van der Waals surface area contributed by atoms with Crippen molar-refractivity contribution < 1.29 is 13.2 Å². The number of halogens is 4. The Morgan fingerprint density at radius 1 is 1.18 bits per heavy atom. The van der Waals surface area contributed by atoms with Crippen LogP contribution < -0.4 is 5.73 Å². The zero-order valence-corrected chi connectivity index (χ0v) is 11.7. The smallest absolute Gasteiger partial charge is 0.367 e. The number of fused-ring (bicyclic) bond motifs is 1. The summed E-state index contributed by atoms with van der Waals surface area (Å²) in [4.78, 5) is 7.89. The van der Waals surface area contributed by atoms with Crippen LogP contribution in [0.5, 0.6) is 0 Å². The Morgan fingerprint density at radius 3 is 2.59 bits per heavy atom. The molecule has 0 amide bonds. The fourth-order valence-electron chi connectivity index (χ4n) is 2.06. The molecule has 0 unspecified atom stereocenters. The van der Waals surface area contributed by atoms with Crippen LogP contribution in [-0.4, -0.2) is 25.8 Å². The molecule has 0 spiro atoms. The molecule has 0 fully saturated rings. The fraction of sp³-hybridized carbons (Fsp3) is 0.154. The van der Waals surface area contributed by atoms with E-state index in [1.54, 1.807) is 6.07 Å². The average Bonchev–Trinajstić information content (AvgIpc) is 2.74. The monoisotopic (exact) mass is 327 g/mol. The lowest BCUT2D eigenvalue weighted by Gasteiger charge is -2.07. The summed E-state index contributed by atoms with van der Waals surface area (Å²) in [6, 6.07) is 4.46. The van der Waals surface area contributed by atoms with Crippen molar-refractivity contribution in [2.24, 2.45) is 0 Å². The summed E-state index contributed by atoms with van der Waals surface area (Å²) in [5.41, 5.74) is 7.11. The van der Waals surface area contributed by atoms with E-state index in [9.17, 15) is 13.2 Å². The first-order chi connectivity index (χ1) is 10.3. The van der Waals surface area contributed by atoms with Gasteiger partial charge in [0.1, 0.15) is 5.52 Å². The van der Waals surface area contributed by atoms with Crippen LogP contribution in [0.1, 0.15) is 5.56 Å². The van der Waals surface area contributed by atoms with Crippen molar-refractivity contribution in [1.82, 2.24) is 19.6 Å². The average molecular weight is 328 g/mol. The number of pyridine rings is 1. The number of anilines is 1. The van der Waals surface area contributed by atoms with Crippen LogP contribution in [0.4, 0.5) is 19.1 Å². The molecular formula is C13H9ClF3N5. The lowest BCUT2D eigenvalue weighted by Crippen LogP contribution is -2.11. The molecule has 0 saturated carbocycles. The molecule has 22 heavy (non-hydrogen) atoms. The number of rotatable bonds is 2. The van der Waals surface area contributed by atoms with Crippen LogP contribution in [0.15, 0.2) is 30.6 Å². The third-order valence-electron chi connectivity index (χ3n) is 2.98. The number of nitrogens with zero attached hydrogens (tertiary/aromatic N) is 4. The van der Waals surface area contributed by atoms with Crippen molar-refractivity contribution >= 4 is 23.1 Å². The molecular weight excluding hydrogens is 319 g/mol. The summed E-state index contributed by atoms with van der Waals surface area (Å²) in [7, 11) is 0. The largest absolute Gasteiger partial charge is 0.393 e. The minimum Gasteiger partial charge on any atom is -0.367 e. The Morgan fingerprint density at radius 2 is 1.95 bits per heavy atom. The molecule has 0 aliphatic carbocycles. The van der Waals surface area contributed by atoms with Gasteiger partial charge >= 0.3 is 6.18 Å². The Balaban J connectivity index is 2.03. The maximum Gasteiger partial charge on any atom is 0.393 e. The van der Waals surface area contributed by atoms with Gasteiger partial charge in [0.15, 0.2) is 0 Å². The normalized spacial score (nSPS) is 12.0. The van der Waals surface area contributed by atoms with Gasteiger partial charge in [0.2, 0.25) is 5.95 Å². The Bertz CT molecular complexity index is 826. The van der Waals surface area contributed by atoms with Crippen LogP contribution in [-0.2, 0) is 6.42 Å². The number of hydrogen-bond donors (Lipinski definition) is 1. The minimum absolute atomic E-state index is 0.0507. The highest BCUT2D eigenvalue weighted by molar-refractivity contribution is 6.34.